The molecule has 1 unspecified atom stereocenters. The molecule has 0 spiro atoms. The zero-order valence-electron chi connectivity index (χ0n) is 26.5. The molecule has 44 heavy (non-hydrogen) atoms. The van der Waals surface area contributed by atoms with E-state index < -0.39 is 6.17 Å². The second-order valence-corrected chi connectivity index (χ2v) is 11.5. The fourth-order valence-electron chi connectivity index (χ4n) is 5.76. The van der Waals surface area contributed by atoms with Gasteiger partial charge in [0.2, 0.25) is 0 Å². The molecule has 0 amide bonds. The predicted octanol–water partition coefficient (Wildman–Crippen LogP) is 7.02. The van der Waals surface area contributed by atoms with Crippen LogP contribution >= 0.6 is 0 Å². The molecular weight excluding hydrogens is 550 g/mol. The van der Waals surface area contributed by atoms with Gasteiger partial charge >= 0.3 is 0 Å². The first-order chi connectivity index (χ1) is 21.2. The van der Waals surface area contributed by atoms with Gasteiger partial charge < -0.3 is 19.7 Å². The molecule has 0 saturated carbocycles. The minimum atomic E-state index is -0.431. The highest BCUT2D eigenvalue weighted by Crippen LogP contribution is 2.35. The van der Waals surface area contributed by atoms with Crippen molar-refractivity contribution in [1.82, 2.24) is 9.47 Å². The van der Waals surface area contributed by atoms with E-state index in [4.69, 9.17) is 10.3 Å². The molecule has 1 aromatic heterocycles. The van der Waals surface area contributed by atoms with E-state index in [2.05, 4.69) is 51.8 Å². The van der Waals surface area contributed by atoms with Crippen LogP contribution in [0.25, 0.3) is 10.9 Å². The van der Waals surface area contributed by atoms with Crippen LogP contribution < -0.4 is 10.2 Å². The topological polar surface area (TPSA) is 103 Å². The third kappa shape index (κ3) is 7.26. The third-order valence-corrected chi connectivity index (χ3v) is 8.07. The molecule has 1 aliphatic heterocycles. The van der Waals surface area contributed by atoms with Gasteiger partial charge in [0, 0.05) is 68.1 Å². The van der Waals surface area contributed by atoms with Crippen molar-refractivity contribution in [1.29, 1.82) is 5.26 Å². The Morgan fingerprint density at radius 1 is 1.30 bits per heavy atom. The van der Waals surface area contributed by atoms with Crippen LogP contribution in [0.2, 0.25) is 0 Å². The number of nitro benzene ring substituents is 1. The Kier molecular flexibility index (Phi) is 10.7. The molecule has 1 aliphatic rings. The zero-order valence-corrected chi connectivity index (χ0v) is 26.5. The lowest BCUT2D eigenvalue weighted by molar-refractivity contribution is -0.384. The van der Waals surface area contributed by atoms with Crippen LogP contribution in [-0.4, -0.2) is 60.5 Å². The van der Waals surface area contributed by atoms with Crippen molar-refractivity contribution in [3.63, 3.8) is 0 Å². The number of benzene rings is 2. The summed E-state index contributed by atoms with van der Waals surface area (Å²) in [5.74, 6) is 0. The Bertz CT molecular complexity index is 1660. The SMILES string of the molecule is C=CCC(N=C(/C(=C\C)C/C=C/C#N)c1cn2c3c(cccc13)CCC2)Nc1cc([N+](=O)[O-])c(N(C)CCN(C)C)cc1C. The molecule has 4 rings (SSSR count). The summed E-state index contributed by atoms with van der Waals surface area (Å²) in [4.78, 5) is 21.2. The molecular formula is C35H43N7O2. The van der Waals surface area contributed by atoms with Crippen LogP contribution in [0.3, 0.4) is 0 Å². The Hall–Kier alpha value is -4.68. The van der Waals surface area contributed by atoms with Crippen molar-refractivity contribution in [3.8, 4) is 6.07 Å². The van der Waals surface area contributed by atoms with Crippen molar-refractivity contribution < 1.29 is 4.92 Å². The van der Waals surface area contributed by atoms with E-state index in [1.807, 2.05) is 64.2 Å². The molecule has 9 nitrogen and oxygen atoms in total. The second-order valence-electron chi connectivity index (χ2n) is 11.5. The Morgan fingerprint density at radius 2 is 2.09 bits per heavy atom. The number of hydrogen-bond acceptors (Lipinski definition) is 7. The maximum Gasteiger partial charge on any atom is 0.294 e. The minimum Gasteiger partial charge on any atom is -0.368 e. The van der Waals surface area contributed by atoms with Gasteiger partial charge in [-0.2, -0.15) is 5.26 Å². The number of nitriles is 1. The lowest BCUT2D eigenvalue weighted by atomic mass is 9.96. The third-order valence-electron chi connectivity index (χ3n) is 8.07. The molecule has 3 aromatic rings. The molecule has 0 fully saturated rings. The first-order valence-corrected chi connectivity index (χ1v) is 15.1. The number of aliphatic imine (C=N–C) groups is 1. The second kappa shape index (κ2) is 14.7. The van der Waals surface area contributed by atoms with Gasteiger partial charge in [0.1, 0.15) is 11.9 Å². The summed E-state index contributed by atoms with van der Waals surface area (Å²) in [6.45, 7) is 10.3. The summed E-state index contributed by atoms with van der Waals surface area (Å²) in [6.07, 6.45) is 12.2. The van der Waals surface area contributed by atoms with Crippen LogP contribution in [0.1, 0.15) is 42.9 Å². The number of nitro groups is 1. The van der Waals surface area contributed by atoms with Crippen LogP contribution in [-0.2, 0) is 13.0 Å². The van der Waals surface area contributed by atoms with Crippen LogP contribution in [0.15, 0.2) is 78.0 Å². The number of rotatable bonds is 14. The minimum absolute atomic E-state index is 0.0469. The standard InChI is InChI=1S/C35H43N7O2/c1-7-13-33(37-30-23-32(42(43)44)31(22-25(30)3)40(6)21-20-39(4)5)38-34(26(8-2)14-9-10-18-36)29-24-41-19-12-16-27-15-11-17-28(29)35(27)41/h7-11,15,17,22-24,33,37H,1,12-14,16,19-21H2,2-6H3/b10-9+,26-8-,38-34?. The fraction of sp³-hybridized carbons (Fsp3) is 0.371. The first kappa shape index (κ1) is 32.2. The normalized spacial score (nSPS) is 14.2. The summed E-state index contributed by atoms with van der Waals surface area (Å²) in [7, 11) is 5.85. The molecule has 9 heteroatoms. The quantitative estimate of drug-likeness (QED) is 0.0708. The number of para-hydroxylation sites is 1. The highest BCUT2D eigenvalue weighted by molar-refractivity contribution is 6.19. The van der Waals surface area contributed by atoms with Gasteiger partial charge in [-0.15, -0.1) is 6.58 Å². The maximum absolute atomic E-state index is 12.2. The van der Waals surface area contributed by atoms with Crippen molar-refractivity contribution in [2.45, 2.75) is 52.2 Å². The molecule has 0 saturated heterocycles. The Labute approximate surface area is 260 Å². The molecule has 0 aliphatic carbocycles. The molecule has 230 valence electrons. The maximum atomic E-state index is 12.2. The van der Waals surface area contributed by atoms with Gasteiger partial charge in [-0.1, -0.05) is 36.4 Å². The van der Waals surface area contributed by atoms with Gasteiger partial charge in [0.05, 0.1) is 22.2 Å². The number of allylic oxidation sites excluding steroid dienone is 4. The van der Waals surface area contributed by atoms with Crippen molar-refractivity contribution in [3.05, 3.63) is 99.8 Å². The molecule has 0 radical (unpaired) electrons. The van der Waals surface area contributed by atoms with E-state index in [0.29, 0.717) is 30.8 Å². The predicted molar refractivity (Wildman–Crippen MR) is 182 cm³/mol. The molecule has 1 N–H and O–H groups in total. The van der Waals surface area contributed by atoms with Gasteiger partial charge in [-0.25, -0.2) is 0 Å². The number of nitrogens with zero attached hydrogens (tertiary/aromatic N) is 6. The monoisotopic (exact) mass is 593 g/mol. The fourth-order valence-corrected chi connectivity index (χ4v) is 5.76. The number of likely N-dealkylation sites (N-methyl/N-ethyl adjacent to an activating group) is 2. The summed E-state index contributed by atoms with van der Waals surface area (Å²) in [5.41, 5.74) is 7.64. The van der Waals surface area contributed by atoms with Gasteiger partial charge in [0.25, 0.3) is 5.69 Å². The largest absolute Gasteiger partial charge is 0.368 e. The van der Waals surface area contributed by atoms with Crippen molar-refractivity contribution in [2.24, 2.45) is 4.99 Å². The van der Waals surface area contributed by atoms with Crippen LogP contribution in [0, 0.1) is 28.4 Å². The Balaban J connectivity index is 1.81. The highest BCUT2D eigenvalue weighted by Gasteiger charge is 2.24. The van der Waals surface area contributed by atoms with Crippen LogP contribution in [0.5, 0.6) is 0 Å². The molecule has 1 atom stereocenters. The van der Waals surface area contributed by atoms with Crippen molar-refractivity contribution >= 4 is 33.7 Å². The summed E-state index contributed by atoms with van der Waals surface area (Å²) in [5, 5.41) is 26.0. The van der Waals surface area contributed by atoms with E-state index >= 15 is 0 Å². The Morgan fingerprint density at radius 3 is 2.77 bits per heavy atom. The van der Waals surface area contributed by atoms with E-state index in [0.717, 1.165) is 53.7 Å². The summed E-state index contributed by atoms with van der Waals surface area (Å²) < 4.78 is 2.33. The lowest BCUT2D eigenvalue weighted by Gasteiger charge is -2.24. The average Bonchev–Trinajstić information content (AvgIpc) is 3.38. The number of anilines is 2. The highest BCUT2D eigenvalue weighted by atomic mass is 16.6. The van der Waals surface area contributed by atoms with Crippen molar-refractivity contribution in [2.75, 3.05) is 44.4 Å². The van der Waals surface area contributed by atoms with Gasteiger partial charge in [-0.05, 0) is 70.0 Å². The summed E-state index contributed by atoms with van der Waals surface area (Å²) >= 11 is 0. The number of hydrogen-bond donors (Lipinski definition) is 1. The lowest BCUT2D eigenvalue weighted by Crippen LogP contribution is -2.29. The molecule has 2 heterocycles. The van der Waals surface area contributed by atoms with E-state index in [9.17, 15) is 10.1 Å². The van der Waals surface area contributed by atoms with Gasteiger partial charge in [0.15, 0.2) is 0 Å². The van der Waals surface area contributed by atoms with E-state index in [-0.39, 0.29) is 10.6 Å². The summed E-state index contributed by atoms with van der Waals surface area (Å²) in [6, 6.07) is 12.0. The number of aromatic nitrogens is 1. The zero-order chi connectivity index (χ0) is 31.8. The smallest absolute Gasteiger partial charge is 0.294 e. The van der Waals surface area contributed by atoms with E-state index in [1.165, 1.54) is 17.2 Å². The number of nitrogens with one attached hydrogen (secondary N) is 1. The first-order valence-electron chi connectivity index (χ1n) is 15.1. The number of aryl methyl sites for hydroxylation is 3. The molecule has 0 bridgehead atoms. The average molecular weight is 594 g/mol. The van der Waals surface area contributed by atoms with Gasteiger partial charge in [-0.3, -0.25) is 15.1 Å². The van der Waals surface area contributed by atoms with Crippen LogP contribution in [0.4, 0.5) is 17.1 Å². The molecule has 2 aromatic carbocycles. The van der Waals surface area contributed by atoms with E-state index in [1.54, 1.807) is 6.07 Å².